The summed E-state index contributed by atoms with van der Waals surface area (Å²) >= 11 is 2.93. The summed E-state index contributed by atoms with van der Waals surface area (Å²) in [6, 6.07) is 9.27. The largest absolute Gasteiger partial charge is 0.351 e. The summed E-state index contributed by atoms with van der Waals surface area (Å²) in [6.45, 7) is 4.71. The molecule has 10 heteroatoms. The van der Waals surface area contributed by atoms with Crippen molar-refractivity contribution in [1.29, 1.82) is 0 Å². The van der Waals surface area contributed by atoms with Gasteiger partial charge in [-0.05, 0) is 37.3 Å². The lowest BCUT2D eigenvalue weighted by molar-refractivity contribution is -0.119. The van der Waals surface area contributed by atoms with E-state index >= 15 is 0 Å². The van der Waals surface area contributed by atoms with E-state index in [2.05, 4.69) is 25.9 Å². The van der Waals surface area contributed by atoms with E-state index < -0.39 is 0 Å². The number of carbonyl (C=O) groups excluding carboxylic acids is 2. The molecule has 0 saturated carbocycles. The fraction of sp³-hybridized carbons (Fsp3) is 0.211. The maximum atomic E-state index is 12.6. The summed E-state index contributed by atoms with van der Waals surface area (Å²) in [7, 11) is 0. The Kier molecular flexibility index (Phi) is 5.36. The van der Waals surface area contributed by atoms with Crippen molar-refractivity contribution in [2.24, 2.45) is 0 Å². The van der Waals surface area contributed by atoms with Gasteiger partial charge >= 0.3 is 0 Å². The highest BCUT2D eigenvalue weighted by atomic mass is 32.1. The first-order chi connectivity index (χ1) is 14.0. The van der Waals surface area contributed by atoms with Crippen molar-refractivity contribution >= 4 is 50.7 Å². The number of rotatable bonds is 6. The Morgan fingerprint density at radius 3 is 2.86 bits per heavy atom. The number of thiazole rings is 1. The third kappa shape index (κ3) is 4.17. The van der Waals surface area contributed by atoms with Crippen LogP contribution < -0.4 is 10.6 Å². The molecule has 0 bridgehead atoms. The quantitative estimate of drug-likeness (QED) is 0.491. The molecule has 4 aromatic rings. The van der Waals surface area contributed by atoms with Crippen LogP contribution in [0, 0.1) is 0 Å². The van der Waals surface area contributed by atoms with E-state index in [4.69, 9.17) is 0 Å². The van der Waals surface area contributed by atoms with Gasteiger partial charge in [0.15, 0.2) is 5.13 Å². The number of hydrogen-bond donors (Lipinski definition) is 2. The number of aromatic nitrogens is 4. The molecule has 0 spiro atoms. The molecule has 3 heterocycles. The molecule has 1 aromatic carbocycles. The lowest BCUT2D eigenvalue weighted by atomic mass is 10.2. The molecule has 0 fully saturated rings. The van der Waals surface area contributed by atoms with E-state index in [1.807, 2.05) is 30.5 Å². The molecule has 0 aliphatic heterocycles. The zero-order valence-electron chi connectivity index (χ0n) is 15.8. The topological polar surface area (TPSA) is 102 Å². The van der Waals surface area contributed by atoms with Gasteiger partial charge in [0.1, 0.15) is 5.52 Å². The SMILES string of the molecule is CCn1nnc2cc(C(=O)Nc3nc(-c4ccc(CNC(C)=O)s4)cs3)ccc21. The number of thiophene rings is 1. The smallest absolute Gasteiger partial charge is 0.257 e. The van der Waals surface area contributed by atoms with Gasteiger partial charge in [-0.1, -0.05) is 5.21 Å². The Bertz CT molecular complexity index is 1190. The normalized spacial score (nSPS) is 11.0. The van der Waals surface area contributed by atoms with Gasteiger partial charge in [0, 0.05) is 29.3 Å². The van der Waals surface area contributed by atoms with Crippen LogP contribution in [-0.2, 0) is 17.9 Å². The molecule has 0 unspecified atom stereocenters. The number of hydrogen-bond acceptors (Lipinski definition) is 7. The van der Waals surface area contributed by atoms with Crippen molar-refractivity contribution in [3.63, 3.8) is 0 Å². The van der Waals surface area contributed by atoms with Crippen LogP contribution in [-0.4, -0.2) is 31.8 Å². The van der Waals surface area contributed by atoms with E-state index in [1.54, 1.807) is 28.2 Å². The average Bonchev–Trinajstić information content (AvgIpc) is 3.44. The fourth-order valence-electron chi connectivity index (χ4n) is 2.78. The number of carbonyl (C=O) groups is 2. The second-order valence-electron chi connectivity index (χ2n) is 6.28. The minimum atomic E-state index is -0.239. The summed E-state index contributed by atoms with van der Waals surface area (Å²) < 4.78 is 1.78. The molecule has 2 amide bonds. The van der Waals surface area contributed by atoms with E-state index in [0.717, 1.165) is 27.5 Å². The predicted molar refractivity (Wildman–Crippen MR) is 114 cm³/mol. The van der Waals surface area contributed by atoms with Crippen LogP contribution in [0.15, 0.2) is 35.7 Å². The van der Waals surface area contributed by atoms with Crippen LogP contribution in [0.3, 0.4) is 0 Å². The van der Waals surface area contributed by atoms with Gasteiger partial charge in [0.25, 0.3) is 5.91 Å². The zero-order valence-corrected chi connectivity index (χ0v) is 17.4. The minimum absolute atomic E-state index is 0.0611. The Balaban J connectivity index is 1.46. The third-order valence-electron chi connectivity index (χ3n) is 4.23. The number of nitrogens with one attached hydrogen (secondary N) is 2. The van der Waals surface area contributed by atoms with E-state index in [9.17, 15) is 9.59 Å². The average molecular weight is 427 g/mol. The first-order valence-electron chi connectivity index (χ1n) is 8.97. The molecule has 8 nitrogen and oxygen atoms in total. The van der Waals surface area contributed by atoms with Crippen molar-refractivity contribution in [2.45, 2.75) is 26.9 Å². The molecule has 4 rings (SSSR count). The standard InChI is InChI=1S/C19H18N6O2S2/c1-3-25-16-6-4-12(8-14(16)23-24-25)18(27)22-19-21-15(10-28-19)17-7-5-13(29-17)9-20-11(2)26/h4-8,10H,3,9H2,1-2H3,(H,20,26)(H,21,22,27). The molecule has 0 radical (unpaired) electrons. The lowest BCUT2D eigenvalue weighted by Gasteiger charge is -2.02. The maximum absolute atomic E-state index is 12.6. The molecule has 2 N–H and O–H groups in total. The molecule has 0 aliphatic carbocycles. The highest BCUT2D eigenvalue weighted by Crippen LogP contribution is 2.31. The summed E-state index contributed by atoms with van der Waals surface area (Å²) in [6.07, 6.45) is 0. The van der Waals surface area contributed by atoms with Crippen molar-refractivity contribution in [3.8, 4) is 10.6 Å². The van der Waals surface area contributed by atoms with E-state index in [-0.39, 0.29) is 11.8 Å². The van der Waals surface area contributed by atoms with Crippen LogP contribution in [0.2, 0.25) is 0 Å². The number of nitrogens with zero attached hydrogens (tertiary/aromatic N) is 4. The molecule has 3 aromatic heterocycles. The molecule has 29 heavy (non-hydrogen) atoms. The van der Waals surface area contributed by atoms with Crippen LogP contribution in [0.4, 0.5) is 5.13 Å². The Labute approximate surface area is 174 Å². The fourth-order valence-corrected chi connectivity index (χ4v) is 4.47. The van der Waals surface area contributed by atoms with Gasteiger partial charge in [-0.25, -0.2) is 9.67 Å². The summed E-state index contributed by atoms with van der Waals surface area (Å²) in [5, 5.41) is 16.2. The Morgan fingerprint density at radius 2 is 2.07 bits per heavy atom. The predicted octanol–water partition coefficient (Wildman–Crippen LogP) is 3.52. The van der Waals surface area contributed by atoms with E-state index in [0.29, 0.717) is 22.8 Å². The third-order valence-corrected chi connectivity index (χ3v) is 6.09. The Hall–Kier alpha value is -3.11. The number of anilines is 1. The van der Waals surface area contributed by atoms with Crippen molar-refractivity contribution in [3.05, 3.63) is 46.2 Å². The molecular weight excluding hydrogens is 408 g/mol. The molecular formula is C19H18N6O2S2. The van der Waals surface area contributed by atoms with Crippen molar-refractivity contribution < 1.29 is 9.59 Å². The number of fused-ring (bicyclic) bond motifs is 1. The lowest BCUT2D eigenvalue weighted by Crippen LogP contribution is -2.17. The number of benzene rings is 1. The minimum Gasteiger partial charge on any atom is -0.351 e. The number of amides is 2. The summed E-state index contributed by atoms with van der Waals surface area (Å²) in [5.41, 5.74) is 2.88. The van der Waals surface area contributed by atoms with Gasteiger partial charge in [-0.15, -0.1) is 27.8 Å². The van der Waals surface area contributed by atoms with Gasteiger partial charge in [-0.2, -0.15) is 0 Å². The molecule has 0 aliphatic rings. The second-order valence-corrected chi connectivity index (χ2v) is 8.30. The first-order valence-corrected chi connectivity index (χ1v) is 10.7. The van der Waals surface area contributed by atoms with Crippen molar-refractivity contribution in [1.82, 2.24) is 25.3 Å². The van der Waals surface area contributed by atoms with Crippen LogP contribution in [0.1, 0.15) is 29.1 Å². The van der Waals surface area contributed by atoms with E-state index in [1.165, 1.54) is 18.3 Å². The molecule has 148 valence electrons. The molecule has 0 saturated heterocycles. The number of aryl methyl sites for hydroxylation is 1. The second kappa shape index (κ2) is 8.10. The summed E-state index contributed by atoms with van der Waals surface area (Å²) in [4.78, 5) is 30.2. The zero-order chi connectivity index (χ0) is 20.4. The monoisotopic (exact) mass is 426 g/mol. The van der Waals surface area contributed by atoms with Gasteiger partial charge in [-0.3, -0.25) is 14.9 Å². The first kappa shape index (κ1) is 19.2. The highest BCUT2D eigenvalue weighted by Gasteiger charge is 2.13. The van der Waals surface area contributed by atoms with Crippen LogP contribution >= 0.6 is 22.7 Å². The maximum Gasteiger partial charge on any atom is 0.257 e. The Morgan fingerprint density at radius 1 is 1.21 bits per heavy atom. The van der Waals surface area contributed by atoms with Crippen LogP contribution in [0.5, 0.6) is 0 Å². The summed E-state index contributed by atoms with van der Waals surface area (Å²) in [5.74, 6) is -0.301. The highest BCUT2D eigenvalue weighted by molar-refractivity contribution is 7.17. The van der Waals surface area contributed by atoms with Crippen LogP contribution in [0.25, 0.3) is 21.6 Å². The van der Waals surface area contributed by atoms with Gasteiger partial charge in [0.2, 0.25) is 5.91 Å². The van der Waals surface area contributed by atoms with Crippen molar-refractivity contribution in [2.75, 3.05) is 5.32 Å². The molecule has 0 atom stereocenters. The van der Waals surface area contributed by atoms with Gasteiger partial charge in [0.05, 0.1) is 22.6 Å². The van der Waals surface area contributed by atoms with Gasteiger partial charge < -0.3 is 5.32 Å².